The van der Waals surface area contributed by atoms with Crippen LogP contribution in [0.2, 0.25) is 0 Å². The molecule has 4 aliphatic rings. The van der Waals surface area contributed by atoms with Crippen LogP contribution in [0.3, 0.4) is 0 Å². The summed E-state index contributed by atoms with van der Waals surface area (Å²) in [6.07, 6.45) is 9.29. The summed E-state index contributed by atoms with van der Waals surface area (Å²) in [5, 5.41) is 10.5. The number of piperidine rings is 1. The molecule has 2 saturated carbocycles. The van der Waals surface area contributed by atoms with E-state index < -0.39 is 0 Å². The average Bonchev–Trinajstić information content (AvgIpc) is 2.98. The predicted molar refractivity (Wildman–Crippen MR) is 79.9 cm³/mol. The van der Waals surface area contributed by atoms with Crippen molar-refractivity contribution in [3.05, 3.63) is 0 Å². The zero-order valence-corrected chi connectivity index (χ0v) is 13.0. The Morgan fingerprint density at radius 3 is 2.52 bits per heavy atom. The molecule has 0 aromatic carbocycles. The molecule has 0 radical (unpaired) electrons. The van der Waals surface area contributed by atoms with Crippen LogP contribution in [-0.2, 0) is 9.47 Å². The van der Waals surface area contributed by atoms with Gasteiger partial charge in [0.05, 0.1) is 19.3 Å². The zero-order chi connectivity index (χ0) is 14.3. The largest absolute Gasteiger partial charge is 0.391 e. The summed E-state index contributed by atoms with van der Waals surface area (Å²) in [6, 6.07) is 0.236. The summed E-state index contributed by atoms with van der Waals surface area (Å²) in [7, 11) is 0. The van der Waals surface area contributed by atoms with Crippen LogP contribution in [0.15, 0.2) is 0 Å². The molecule has 4 fully saturated rings. The summed E-state index contributed by atoms with van der Waals surface area (Å²) < 4.78 is 11.8. The lowest BCUT2D eigenvalue weighted by atomic mass is 9.74. The molecule has 120 valence electrons. The molecule has 4 unspecified atom stereocenters. The van der Waals surface area contributed by atoms with Crippen molar-refractivity contribution in [3.63, 3.8) is 0 Å². The van der Waals surface area contributed by atoms with Crippen LogP contribution in [0.1, 0.15) is 51.4 Å². The smallest absolute Gasteiger partial charge is 0.170 e. The number of fused-ring (bicyclic) bond motifs is 1. The number of aliphatic hydroxyl groups is 1. The molecule has 2 heterocycles. The van der Waals surface area contributed by atoms with E-state index in [2.05, 4.69) is 4.90 Å². The lowest BCUT2D eigenvalue weighted by molar-refractivity contribution is -0.207. The molecule has 21 heavy (non-hydrogen) atoms. The van der Waals surface area contributed by atoms with Crippen molar-refractivity contribution >= 4 is 0 Å². The fourth-order valence-electron chi connectivity index (χ4n) is 5.18. The average molecular weight is 295 g/mol. The van der Waals surface area contributed by atoms with Crippen LogP contribution in [0.4, 0.5) is 0 Å². The summed E-state index contributed by atoms with van der Waals surface area (Å²) >= 11 is 0. The fraction of sp³-hybridized carbons (Fsp3) is 1.00. The van der Waals surface area contributed by atoms with Crippen molar-refractivity contribution in [3.8, 4) is 0 Å². The Morgan fingerprint density at radius 2 is 1.71 bits per heavy atom. The number of nitrogens with zero attached hydrogens (tertiary/aromatic N) is 1. The zero-order valence-electron chi connectivity index (χ0n) is 13.0. The van der Waals surface area contributed by atoms with Gasteiger partial charge in [0.1, 0.15) is 0 Å². The van der Waals surface area contributed by atoms with Crippen LogP contribution < -0.4 is 0 Å². The topological polar surface area (TPSA) is 41.9 Å². The van der Waals surface area contributed by atoms with E-state index in [0.717, 1.165) is 37.6 Å². The minimum absolute atomic E-state index is 0.205. The maximum absolute atomic E-state index is 10.5. The summed E-state index contributed by atoms with van der Waals surface area (Å²) in [5.74, 6) is 1.43. The molecule has 0 aromatic heterocycles. The number of aliphatic hydroxyl groups excluding tert-OH is 1. The number of rotatable bonds is 1. The van der Waals surface area contributed by atoms with Crippen molar-refractivity contribution in [2.45, 2.75) is 69.3 Å². The van der Waals surface area contributed by atoms with Gasteiger partial charge in [-0.25, -0.2) is 0 Å². The molecule has 1 spiro atoms. The normalized spacial score (nSPS) is 43.9. The molecule has 0 bridgehead atoms. The predicted octanol–water partition coefficient (Wildman–Crippen LogP) is 2.16. The molecule has 2 saturated heterocycles. The third-order valence-electron chi connectivity index (χ3n) is 6.39. The van der Waals surface area contributed by atoms with Crippen molar-refractivity contribution in [2.24, 2.45) is 11.8 Å². The van der Waals surface area contributed by atoms with Crippen LogP contribution in [0, 0.1) is 11.8 Å². The van der Waals surface area contributed by atoms with Crippen molar-refractivity contribution < 1.29 is 14.6 Å². The van der Waals surface area contributed by atoms with Gasteiger partial charge in [-0.05, 0) is 37.6 Å². The first-order valence-electron chi connectivity index (χ1n) is 8.96. The molecule has 0 amide bonds. The Bertz CT molecular complexity index is 369. The Kier molecular flexibility index (Phi) is 3.99. The van der Waals surface area contributed by atoms with E-state index >= 15 is 0 Å². The van der Waals surface area contributed by atoms with E-state index in [1.807, 2.05) is 0 Å². The van der Waals surface area contributed by atoms with Gasteiger partial charge >= 0.3 is 0 Å². The lowest BCUT2D eigenvalue weighted by Crippen LogP contribution is -2.56. The van der Waals surface area contributed by atoms with Crippen molar-refractivity contribution in [1.29, 1.82) is 0 Å². The second-order valence-corrected chi connectivity index (χ2v) is 7.57. The second kappa shape index (κ2) is 5.80. The highest BCUT2D eigenvalue weighted by molar-refractivity contribution is 4.96. The third kappa shape index (κ3) is 2.76. The molecular weight excluding hydrogens is 266 g/mol. The van der Waals surface area contributed by atoms with Crippen LogP contribution >= 0.6 is 0 Å². The summed E-state index contributed by atoms with van der Waals surface area (Å²) in [5.41, 5.74) is 0. The minimum Gasteiger partial charge on any atom is -0.391 e. The van der Waals surface area contributed by atoms with Gasteiger partial charge in [0, 0.05) is 25.4 Å². The molecular formula is C17H29NO3. The van der Waals surface area contributed by atoms with E-state index in [-0.39, 0.29) is 17.9 Å². The minimum atomic E-state index is -0.382. The first-order valence-corrected chi connectivity index (χ1v) is 8.96. The highest BCUT2D eigenvalue weighted by Gasteiger charge is 2.47. The highest BCUT2D eigenvalue weighted by Crippen LogP contribution is 2.41. The maximum atomic E-state index is 10.5. The van der Waals surface area contributed by atoms with Crippen LogP contribution in [-0.4, -0.2) is 54.2 Å². The van der Waals surface area contributed by atoms with Crippen LogP contribution in [0.5, 0.6) is 0 Å². The second-order valence-electron chi connectivity index (χ2n) is 7.57. The lowest BCUT2D eigenvalue weighted by Gasteiger charge is -2.49. The molecule has 2 aliphatic carbocycles. The molecule has 4 heteroatoms. The number of hydrogen-bond acceptors (Lipinski definition) is 4. The molecule has 0 aromatic rings. The first kappa shape index (κ1) is 14.4. The molecule has 4 atom stereocenters. The van der Waals surface area contributed by atoms with Gasteiger partial charge in [-0.3, -0.25) is 4.90 Å². The number of likely N-dealkylation sites (tertiary alicyclic amines) is 1. The Hall–Kier alpha value is -0.160. The van der Waals surface area contributed by atoms with Gasteiger partial charge < -0.3 is 14.6 Å². The quantitative estimate of drug-likeness (QED) is 0.805. The van der Waals surface area contributed by atoms with Gasteiger partial charge in [0.15, 0.2) is 5.79 Å². The Morgan fingerprint density at radius 1 is 0.952 bits per heavy atom. The van der Waals surface area contributed by atoms with Crippen molar-refractivity contribution in [2.75, 3.05) is 26.3 Å². The summed E-state index contributed by atoms with van der Waals surface area (Å²) in [6.45, 7) is 3.77. The maximum Gasteiger partial charge on any atom is 0.170 e. The van der Waals surface area contributed by atoms with Gasteiger partial charge in [-0.1, -0.05) is 19.3 Å². The van der Waals surface area contributed by atoms with Gasteiger partial charge in [0.25, 0.3) is 0 Å². The molecule has 1 N–H and O–H groups in total. The first-order chi connectivity index (χ1) is 10.3. The highest BCUT2D eigenvalue weighted by atomic mass is 16.7. The molecule has 4 nitrogen and oxygen atoms in total. The van der Waals surface area contributed by atoms with E-state index in [0.29, 0.717) is 13.2 Å². The van der Waals surface area contributed by atoms with E-state index in [9.17, 15) is 5.11 Å². The van der Waals surface area contributed by atoms with Gasteiger partial charge in [-0.15, -0.1) is 0 Å². The van der Waals surface area contributed by atoms with E-state index in [1.54, 1.807) is 0 Å². The monoisotopic (exact) mass is 295 g/mol. The SMILES string of the molecule is OC1CCC2(CC1N1CCC3CCCCC3C1)OCCO2. The van der Waals surface area contributed by atoms with Gasteiger partial charge in [-0.2, -0.15) is 0 Å². The van der Waals surface area contributed by atoms with Crippen LogP contribution in [0.25, 0.3) is 0 Å². The van der Waals surface area contributed by atoms with Crippen molar-refractivity contribution in [1.82, 2.24) is 4.90 Å². The Balaban J connectivity index is 1.44. The van der Waals surface area contributed by atoms with Gasteiger partial charge in [0.2, 0.25) is 0 Å². The molecule has 4 rings (SSSR count). The fourth-order valence-corrected chi connectivity index (χ4v) is 5.18. The standard InChI is InChI=1S/C17H29NO3/c19-16-5-7-17(20-9-10-21-17)11-15(16)18-8-6-13-3-1-2-4-14(13)12-18/h13-16,19H,1-12H2. The Labute approximate surface area is 127 Å². The van der Waals surface area contributed by atoms with E-state index in [4.69, 9.17) is 9.47 Å². The molecule has 2 aliphatic heterocycles. The third-order valence-corrected chi connectivity index (χ3v) is 6.39. The van der Waals surface area contributed by atoms with E-state index in [1.165, 1.54) is 38.6 Å². The summed E-state index contributed by atoms with van der Waals surface area (Å²) in [4.78, 5) is 2.56. The number of ether oxygens (including phenoxy) is 2. The number of hydrogen-bond donors (Lipinski definition) is 1.